The van der Waals surface area contributed by atoms with E-state index in [2.05, 4.69) is 16.9 Å². The van der Waals surface area contributed by atoms with E-state index in [0.717, 1.165) is 18.5 Å². The van der Waals surface area contributed by atoms with Gasteiger partial charge in [0.25, 0.3) is 0 Å². The SMILES string of the molecule is CN1CCCC1COC(=O)c1cc2occc2[nH]1. The third kappa shape index (κ3) is 2.01. The van der Waals surface area contributed by atoms with Crippen molar-refractivity contribution >= 4 is 17.1 Å². The standard InChI is InChI=1S/C13H16N2O3/c1-15-5-2-3-9(15)8-18-13(16)11-7-12-10(14-11)4-6-17-12/h4,6-7,9,14H,2-3,5,8H2,1H3. The number of esters is 1. The fourth-order valence-corrected chi connectivity index (χ4v) is 2.40. The molecule has 0 saturated carbocycles. The molecule has 2 aromatic heterocycles. The molecular formula is C13H16N2O3. The van der Waals surface area contributed by atoms with Gasteiger partial charge in [0.1, 0.15) is 12.3 Å². The number of aromatic nitrogens is 1. The maximum absolute atomic E-state index is 11.9. The summed E-state index contributed by atoms with van der Waals surface area (Å²) in [6.07, 6.45) is 3.86. The summed E-state index contributed by atoms with van der Waals surface area (Å²) in [5.41, 5.74) is 1.95. The fourth-order valence-electron chi connectivity index (χ4n) is 2.40. The number of hydrogen-bond acceptors (Lipinski definition) is 4. The summed E-state index contributed by atoms with van der Waals surface area (Å²) in [6, 6.07) is 3.82. The number of ether oxygens (including phenoxy) is 1. The molecule has 3 rings (SSSR count). The van der Waals surface area contributed by atoms with Crippen LogP contribution in [0.3, 0.4) is 0 Å². The molecule has 0 amide bonds. The third-order valence-electron chi connectivity index (χ3n) is 3.54. The number of furan rings is 1. The van der Waals surface area contributed by atoms with Gasteiger partial charge < -0.3 is 19.0 Å². The number of aromatic amines is 1. The molecule has 96 valence electrons. The van der Waals surface area contributed by atoms with Crippen molar-refractivity contribution in [3.05, 3.63) is 24.1 Å². The van der Waals surface area contributed by atoms with E-state index in [9.17, 15) is 4.79 Å². The van der Waals surface area contributed by atoms with E-state index in [1.807, 2.05) is 0 Å². The number of likely N-dealkylation sites (tertiary alicyclic amines) is 1. The lowest BCUT2D eigenvalue weighted by Gasteiger charge is -2.18. The van der Waals surface area contributed by atoms with E-state index in [4.69, 9.17) is 9.15 Å². The monoisotopic (exact) mass is 248 g/mol. The lowest BCUT2D eigenvalue weighted by Crippen LogP contribution is -2.30. The number of H-pyrrole nitrogens is 1. The van der Waals surface area contributed by atoms with Gasteiger partial charge in [-0.25, -0.2) is 4.79 Å². The van der Waals surface area contributed by atoms with Crippen LogP contribution in [0.25, 0.3) is 11.1 Å². The smallest absolute Gasteiger partial charge is 0.354 e. The summed E-state index contributed by atoms with van der Waals surface area (Å²) in [7, 11) is 2.06. The van der Waals surface area contributed by atoms with Crippen LogP contribution in [-0.2, 0) is 4.74 Å². The van der Waals surface area contributed by atoms with Crippen LogP contribution in [-0.4, -0.2) is 42.1 Å². The number of hydrogen-bond donors (Lipinski definition) is 1. The molecule has 1 N–H and O–H groups in total. The largest absolute Gasteiger partial charge is 0.463 e. The Bertz CT molecular complexity index is 529. The maximum atomic E-state index is 11.9. The van der Waals surface area contributed by atoms with Crippen LogP contribution >= 0.6 is 0 Å². The van der Waals surface area contributed by atoms with Crippen LogP contribution in [0, 0.1) is 0 Å². The van der Waals surface area contributed by atoms with E-state index in [1.165, 1.54) is 6.42 Å². The first-order valence-electron chi connectivity index (χ1n) is 6.17. The summed E-state index contributed by atoms with van der Waals surface area (Å²) < 4.78 is 10.5. The summed E-state index contributed by atoms with van der Waals surface area (Å²) >= 11 is 0. The Hall–Kier alpha value is -1.75. The number of nitrogens with one attached hydrogen (secondary N) is 1. The van der Waals surface area contributed by atoms with Crippen molar-refractivity contribution < 1.29 is 13.9 Å². The number of nitrogens with zero attached hydrogens (tertiary/aromatic N) is 1. The van der Waals surface area contributed by atoms with Crippen molar-refractivity contribution in [1.29, 1.82) is 0 Å². The molecule has 5 heteroatoms. The Morgan fingerprint density at radius 2 is 2.56 bits per heavy atom. The van der Waals surface area contributed by atoms with Crippen LogP contribution in [0.2, 0.25) is 0 Å². The first-order valence-corrected chi connectivity index (χ1v) is 6.17. The number of likely N-dealkylation sites (N-methyl/N-ethyl adjacent to an activating group) is 1. The van der Waals surface area contributed by atoms with Crippen molar-refractivity contribution in [3.63, 3.8) is 0 Å². The molecule has 1 aliphatic heterocycles. The minimum atomic E-state index is -0.318. The second-order valence-corrected chi connectivity index (χ2v) is 4.76. The Morgan fingerprint density at radius 1 is 1.67 bits per heavy atom. The Morgan fingerprint density at radius 3 is 3.28 bits per heavy atom. The van der Waals surface area contributed by atoms with Crippen molar-refractivity contribution in [2.45, 2.75) is 18.9 Å². The van der Waals surface area contributed by atoms with Crippen LogP contribution < -0.4 is 0 Å². The molecule has 3 heterocycles. The average Bonchev–Trinajstić information content (AvgIpc) is 3.00. The zero-order chi connectivity index (χ0) is 12.5. The van der Waals surface area contributed by atoms with Crippen LogP contribution in [0.5, 0.6) is 0 Å². The highest BCUT2D eigenvalue weighted by Gasteiger charge is 2.23. The Balaban J connectivity index is 1.62. The van der Waals surface area contributed by atoms with Crippen molar-refractivity contribution in [3.8, 4) is 0 Å². The van der Waals surface area contributed by atoms with E-state index >= 15 is 0 Å². The predicted octanol–water partition coefficient (Wildman–Crippen LogP) is 2.01. The molecule has 1 aliphatic rings. The Labute approximate surface area is 105 Å². The number of carbonyl (C=O) groups is 1. The molecule has 1 saturated heterocycles. The zero-order valence-electron chi connectivity index (χ0n) is 10.3. The molecule has 2 aromatic rings. The Kier molecular flexibility index (Phi) is 2.83. The second kappa shape index (κ2) is 4.49. The molecule has 1 fully saturated rings. The summed E-state index contributed by atoms with van der Waals surface area (Å²) in [4.78, 5) is 17.1. The fraction of sp³-hybridized carbons (Fsp3) is 0.462. The molecule has 0 bridgehead atoms. The maximum Gasteiger partial charge on any atom is 0.354 e. The molecule has 0 aromatic carbocycles. The molecule has 5 nitrogen and oxygen atoms in total. The zero-order valence-corrected chi connectivity index (χ0v) is 10.3. The minimum Gasteiger partial charge on any atom is -0.463 e. The van der Waals surface area contributed by atoms with Crippen molar-refractivity contribution in [2.75, 3.05) is 20.2 Å². The summed E-state index contributed by atoms with van der Waals surface area (Å²) in [6.45, 7) is 1.54. The van der Waals surface area contributed by atoms with E-state index in [0.29, 0.717) is 23.9 Å². The van der Waals surface area contributed by atoms with Gasteiger partial charge in [-0.1, -0.05) is 0 Å². The van der Waals surface area contributed by atoms with Gasteiger partial charge >= 0.3 is 5.97 Å². The van der Waals surface area contributed by atoms with Gasteiger partial charge in [-0.3, -0.25) is 0 Å². The van der Waals surface area contributed by atoms with E-state index in [-0.39, 0.29) is 5.97 Å². The van der Waals surface area contributed by atoms with E-state index < -0.39 is 0 Å². The minimum absolute atomic E-state index is 0.318. The molecule has 0 spiro atoms. The van der Waals surface area contributed by atoms with Gasteiger partial charge in [-0.15, -0.1) is 0 Å². The molecule has 18 heavy (non-hydrogen) atoms. The second-order valence-electron chi connectivity index (χ2n) is 4.76. The normalized spacial score (nSPS) is 20.6. The number of rotatable bonds is 3. The molecular weight excluding hydrogens is 232 g/mol. The van der Waals surface area contributed by atoms with Crippen LogP contribution in [0.1, 0.15) is 23.3 Å². The van der Waals surface area contributed by atoms with Gasteiger partial charge in [-0.05, 0) is 26.4 Å². The molecule has 0 aliphatic carbocycles. The van der Waals surface area contributed by atoms with Crippen LogP contribution in [0.4, 0.5) is 0 Å². The molecule has 1 atom stereocenters. The van der Waals surface area contributed by atoms with E-state index in [1.54, 1.807) is 18.4 Å². The number of carbonyl (C=O) groups excluding carboxylic acids is 1. The topological polar surface area (TPSA) is 58.5 Å². The average molecular weight is 248 g/mol. The lowest BCUT2D eigenvalue weighted by atomic mass is 10.2. The first kappa shape index (κ1) is 11.3. The third-order valence-corrected chi connectivity index (χ3v) is 3.54. The lowest BCUT2D eigenvalue weighted by molar-refractivity contribution is 0.0410. The van der Waals surface area contributed by atoms with Crippen molar-refractivity contribution in [1.82, 2.24) is 9.88 Å². The van der Waals surface area contributed by atoms with Gasteiger partial charge in [0.05, 0.1) is 11.8 Å². The quantitative estimate of drug-likeness (QED) is 0.844. The number of fused-ring (bicyclic) bond motifs is 1. The molecule has 0 radical (unpaired) electrons. The summed E-state index contributed by atoms with van der Waals surface area (Å²) in [5.74, 6) is -0.318. The highest BCUT2D eigenvalue weighted by molar-refractivity contribution is 5.93. The summed E-state index contributed by atoms with van der Waals surface area (Å²) in [5, 5.41) is 0. The van der Waals surface area contributed by atoms with Gasteiger partial charge in [0.15, 0.2) is 5.58 Å². The first-order chi connectivity index (χ1) is 8.74. The highest BCUT2D eigenvalue weighted by atomic mass is 16.5. The van der Waals surface area contributed by atoms with Gasteiger partial charge in [0, 0.05) is 18.2 Å². The highest BCUT2D eigenvalue weighted by Crippen LogP contribution is 2.18. The van der Waals surface area contributed by atoms with Gasteiger partial charge in [0.2, 0.25) is 0 Å². The van der Waals surface area contributed by atoms with Gasteiger partial charge in [-0.2, -0.15) is 0 Å². The molecule has 1 unspecified atom stereocenters. The van der Waals surface area contributed by atoms with Crippen LogP contribution in [0.15, 0.2) is 22.8 Å². The predicted molar refractivity (Wildman–Crippen MR) is 66.5 cm³/mol. The van der Waals surface area contributed by atoms with Crippen molar-refractivity contribution in [2.24, 2.45) is 0 Å².